The molecule has 1 fully saturated rings. The number of hydrogen-bond donors (Lipinski definition) is 1. The molecule has 1 aromatic carbocycles. The standard InChI is InChI=1S/C13H14BrN3O.ClH/c14-10-4-1-3-9(7-10)13-16-12(18-17-13)8-11-5-2-6-15-11;/h1,3-4,7,11,15H,2,5-6,8H2;1H. The minimum atomic E-state index is 0. The van der Waals surface area contributed by atoms with E-state index >= 15 is 0 Å². The van der Waals surface area contributed by atoms with Gasteiger partial charge < -0.3 is 9.84 Å². The predicted octanol–water partition coefficient (Wildman–Crippen LogP) is 3.22. The summed E-state index contributed by atoms with van der Waals surface area (Å²) in [5.41, 5.74) is 0.971. The van der Waals surface area contributed by atoms with Crippen LogP contribution < -0.4 is 5.32 Å². The first-order chi connectivity index (χ1) is 8.81. The van der Waals surface area contributed by atoms with Gasteiger partial charge in [0, 0.05) is 22.5 Å². The van der Waals surface area contributed by atoms with Crippen molar-refractivity contribution >= 4 is 28.3 Å². The van der Waals surface area contributed by atoms with Crippen molar-refractivity contribution in [1.29, 1.82) is 0 Å². The Balaban J connectivity index is 0.00000133. The zero-order valence-electron chi connectivity index (χ0n) is 10.3. The van der Waals surface area contributed by atoms with Gasteiger partial charge in [0.1, 0.15) is 0 Å². The van der Waals surface area contributed by atoms with Crippen LogP contribution in [0.1, 0.15) is 18.7 Å². The maximum Gasteiger partial charge on any atom is 0.228 e. The molecule has 1 atom stereocenters. The van der Waals surface area contributed by atoms with E-state index in [1.807, 2.05) is 24.3 Å². The summed E-state index contributed by atoms with van der Waals surface area (Å²) in [6.07, 6.45) is 3.24. The highest BCUT2D eigenvalue weighted by Gasteiger charge is 2.18. The fraction of sp³-hybridized carbons (Fsp3) is 0.385. The van der Waals surface area contributed by atoms with Crippen LogP contribution in [0.3, 0.4) is 0 Å². The Hall–Kier alpha value is -0.910. The van der Waals surface area contributed by atoms with Crippen molar-refractivity contribution in [2.75, 3.05) is 6.54 Å². The molecule has 0 radical (unpaired) electrons. The fourth-order valence-electron chi connectivity index (χ4n) is 2.22. The Morgan fingerprint density at radius 1 is 1.42 bits per heavy atom. The molecule has 2 aromatic rings. The van der Waals surface area contributed by atoms with E-state index in [2.05, 4.69) is 31.4 Å². The number of aromatic nitrogens is 2. The van der Waals surface area contributed by atoms with E-state index < -0.39 is 0 Å². The lowest BCUT2D eigenvalue weighted by molar-refractivity contribution is 0.364. The molecular formula is C13H15BrClN3O. The third-order valence-electron chi connectivity index (χ3n) is 3.13. The first-order valence-electron chi connectivity index (χ1n) is 6.13. The monoisotopic (exact) mass is 343 g/mol. The van der Waals surface area contributed by atoms with E-state index in [-0.39, 0.29) is 12.4 Å². The molecule has 2 heterocycles. The van der Waals surface area contributed by atoms with Crippen molar-refractivity contribution in [1.82, 2.24) is 15.5 Å². The molecule has 6 heteroatoms. The molecule has 1 saturated heterocycles. The summed E-state index contributed by atoms with van der Waals surface area (Å²) in [6.45, 7) is 1.09. The SMILES string of the molecule is Brc1cccc(-c2noc(CC3CCCN3)n2)c1.Cl. The molecule has 0 aliphatic carbocycles. The highest BCUT2D eigenvalue weighted by Crippen LogP contribution is 2.21. The average Bonchev–Trinajstić information content (AvgIpc) is 3.01. The van der Waals surface area contributed by atoms with E-state index in [0.717, 1.165) is 23.0 Å². The lowest BCUT2D eigenvalue weighted by Crippen LogP contribution is -2.23. The van der Waals surface area contributed by atoms with Gasteiger partial charge in [-0.15, -0.1) is 12.4 Å². The Morgan fingerprint density at radius 3 is 3.05 bits per heavy atom. The van der Waals surface area contributed by atoms with Gasteiger partial charge in [-0.25, -0.2) is 0 Å². The van der Waals surface area contributed by atoms with E-state index in [0.29, 0.717) is 17.8 Å². The van der Waals surface area contributed by atoms with Gasteiger partial charge in [-0.1, -0.05) is 33.2 Å². The van der Waals surface area contributed by atoms with Gasteiger partial charge in [0.15, 0.2) is 0 Å². The van der Waals surface area contributed by atoms with E-state index in [1.165, 1.54) is 12.8 Å². The lowest BCUT2D eigenvalue weighted by Gasteiger charge is -2.04. The Bertz CT molecular complexity index is 540. The van der Waals surface area contributed by atoms with Crippen LogP contribution in [-0.4, -0.2) is 22.7 Å². The van der Waals surface area contributed by atoms with Crippen LogP contribution in [0.4, 0.5) is 0 Å². The minimum absolute atomic E-state index is 0. The predicted molar refractivity (Wildman–Crippen MR) is 79.4 cm³/mol. The smallest absolute Gasteiger partial charge is 0.228 e. The van der Waals surface area contributed by atoms with Crippen molar-refractivity contribution in [2.45, 2.75) is 25.3 Å². The number of nitrogens with one attached hydrogen (secondary N) is 1. The second-order valence-electron chi connectivity index (χ2n) is 4.52. The first-order valence-corrected chi connectivity index (χ1v) is 6.92. The van der Waals surface area contributed by atoms with Crippen molar-refractivity contribution in [3.63, 3.8) is 0 Å². The molecule has 0 amide bonds. The molecule has 1 unspecified atom stereocenters. The van der Waals surface area contributed by atoms with Gasteiger partial charge in [0.25, 0.3) is 0 Å². The van der Waals surface area contributed by atoms with Crippen molar-refractivity contribution in [2.24, 2.45) is 0 Å². The average molecular weight is 345 g/mol. The molecule has 1 aromatic heterocycles. The van der Waals surface area contributed by atoms with Crippen LogP contribution in [0.5, 0.6) is 0 Å². The second-order valence-corrected chi connectivity index (χ2v) is 5.44. The van der Waals surface area contributed by atoms with Gasteiger partial charge >= 0.3 is 0 Å². The van der Waals surface area contributed by atoms with Gasteiger partial charge in [0.2, 0.25) is 11.7 Å². The second kappa shape index (κ2) is 6.50. The molecule has 0 saturated carbocycles. The molecule has 0 bridgehead atoms. The molecule has 4 nitrogen and oxygen atoms in total. The van der Waals surface area contributed by atoms with E-state index in [9.17, 15) is 0 Å². The number of hydrogen-bond acceptors (Lipinski definition) is 4. The topological polar surface area (TPSA) is 51.0 Å². The third kappa shape index (κ3) is 3.55. The summed E-state index contributed by atoms with van der Waals surface area (Å²) in [5.74, 6) is 1.37. The Labute approximate surface area is 126 Å². The van der Waals surface area contributed by atoms with Crippen molar-refractivity contribution in [3.8, 4) is 11.4 Å². The lowest BCUT2D eigenvalue weighted by atomic mass is 10.1. The van der Waals surface area contributed by atoms with Crippen LogP contribution in [0, 0.1) is 0 Å². The van der Waals surface area contributed by atoms with E-state index in [4.69, 9.17) is 4.52 Å². The largest absolute Gasteiger partial charge is 0.339 e. The van der Waals surface area contributed by atoms with Gasteiger partial charge in [-0.3, -0.25) is 0 Å². The maximum absolute atomic E-state index is 5.30. The summed E-state index contributed by atoms with van der Waals surface area (Å²) in [7, 11) is 0. The zero-order valence-corrected chi connectivity index (χ0v) is 12.7. The number of rotatable bonds is 3. The molecular weight excluding hydrogens is 330 g/mol. The van der Waals surface area contributed by atoms with Gasteiger partial charge in [-0.2, -0.15) is 4.98 Å². The quantitative estimate of drug-likeness (QED) is 0.929. The molecule has 1 N–H and O–H groups in total. The highest BCUT2D eigenvalue weighted by molar-refractivity contribution is 9.10. The number of benzene rings is 1. The third-order valence-corrected chi connectivity index (χ3v) is 3.63. The molecule has 0 spiro atoms. The Kier molecular flexibility index (Phi) is 4.96. The summed E-state index contributed by atoms with van der Waals surface area (Å²) in [4.78, 5) is 4.45. The minimum Gasteiger partial charge on any atom is -0.339 e. The van der Waals surface area contributed by atoms with Gasteiger partial charge in [0.05, 0.1) is 0 Å². The normalized spacial score (nSPS) is 18.3. The van der Waals surface area contributed by atoms with Gasteiger partial charge in [-0.05, 0) is 31.5 Å². The fourth-order valence-corrected chi connectivity index (χ4v) is 2.62. The van der Waals surface area contributed by atoms with Crippen LogP contribution in [0.2, 0.25) is 0 Å². The summed E-state index contributed by atoms with van der Waals surface area (Å²) in [6, 6.07) is 8.40. The molecule has 3 rings (SSSR count). The van der Waals surface area contributed by atoms with Crippen LogP contribution in [0.25, 0.3) is 11.4 Å². The van der Waals surface area contributed by atoms with Crippen molar-refractivity contribution in [3.05, 3.63) is 34.6 Å². The van der Waals surface area contributed by atoms with Crippen molar-refractivity contribution < 1.29 is 4.52 Å². The molecule has 1 aliphatic heterocycles. The summed E-state index contributed by atoms with van der Waals surface area (Å²) < 4.78 is 6.32. The molecule has 102 valence electrons. The van der Waals surface area contributed by atoms with E-state index in [1.54, 1.807) is 0 Å². The first kappa shape index (κ1) is 14.5. The number of halogens is 2. The Morgan fingerprint density at radius 2 is 2.32 bits per heavy atom. The summed E-state index contributed by atoms with van der Waals surface area (Å²) >= 11 is 3.44. The van der Waals surface area contributed by atoms with Crippen LogP contribution >= 0.6 is 28.3 Å². The maximum atomic E-state index is 5.30. The zero-order chi connectivity index (χ0) is 12.4. The highest BCUT2D eigenvalue weighted by atomic mass is 79.9. The number of nitrogens with zero attached hydrogens (tertiary/aromatic N) is 2. The molecule has 1 aliphatic rings. The molecule has 19 heavy (non-hydrogen) atoms. The van der Waals surface area contributed by atoms with Crippen LogP contribution in [0.15, 0.2) is 33.3 Å². The van der Waals surface area contributed by atoms with Crippen LogP contribution in [-0.2, 0) is 6.42 Å². The summed E-state index contributed by atoms with van der Waals surface area (Å²) in [5, 5.41) is 7.46.